The summed E-state index contributed by atoms with van der Waals surface area (Å²) >= 11 is 0. The lowest BCUT2D eigenvalue weighted by atomic mass is 9.87. The zero-order valence-corrected chi connectivity index (χ0v) is 21.0. The number of rotatable bonds is 10. The monoisotopic (exact) mass is 473 g/mol. The molecule has 3 aromatic carbocycles. The maximum absolute atomic E-state index is 6.55. The summed E-state index contributed by atoms with van der Waals surface area (Å²) in [5.74, 6) is 1.68. The third kappa shape index (κ3) is 6.24. The van der Waals surface area contributed by atoms with Crippen LogP contribution in [0.2, 0.25) is 0 Å². The molecule has 35 heavy (non-hydrogen) atoms. The van der Waals surface area contributed by atoms with Gasteiger partial charge in [-0.15, -0.1) is 0 Å². The number of nitrogens with one attached hydrogen (secondary N) is 1. The second-order valence-electron chi connectivity index (χ2n) is 9.20. The summed E-state index contributed by atoms with van der Waals surface area (Å²) in [4.78, 5) is 0. The van der Waals surface area contributed by atoms with Crippen molar-refractivity contribution in [1.29, 1.82) is 0 Å². The lowest BCUT2D eigenvalue weighted by Gasteiger charge is -2.44. The van der Waals surface area contributed by atoms with Crippen LogP contribution in [0, 0.1) is 0 Å². The van der Waals surface area contributed by atoms with Crippen LogP contribution in [0.4, 0.5) is 5.69 Å². The molecule has 5 nitrogen and oxygen atoms in total. The minimum atomic E-state index is -0.548. The highest BCUT2D eigenvalue weighted by Gasteiger charge is 2.45. The van der Waals surface area contributed by atoms with Gasteiger partial charge in [-0.25, -0.2) is 0 Å². The van der Waals surface area contributed by atoms with Gasteiger partial charge >= 0.3 is 0 Å². The number of fused-ring (bicyclic) bond motifs is 1. The first-order chi connectivity index (χ1) is 17.0. The van der Waals surface area contributed by atoms with Crippen LogP contribution >= 0.6 is 0 Å². The van der Waals surface area contributed by atoms with E-state index in [1.54, 1.807) is 7.11 Å². The van der Waals surface area contributed by atoms with Gasteiger partial charge < -0.3 is 24.3 Å². The van der Waals surface area contributed by atoms with Crippen molar-refractivity contribution in [2.75, 3.05) is 19.0 Å². The Labute approximate surface area is 208 Å². The smallest absolute Gasteiger partial charge is 0.132 e. The highest BCUT2D eigenvalue weighted by atomic mass is 16.6. The summed E-state index contributed by atoms with van der Waals surface area (Å²) in [6.07, 6.45) is 3.45. The van der Waals surface area contributed by atoms with E-state index in [9.17, 15) is 0 Å². The fraction of sp³-hybridized carbons (Fsp3) is 0.333. The Balaban J connectivity index is 1.58. The Morgan fingerprint density at radius 1 is 0.943 bits per heavy atom. The molecule has 184 valence electrons. The minimum Gasteiger partial charge on any atom is -0.497 e. The van der Waals surface area contributed by atoms with Gasteiger partial charge in [-0.2, -0.15) is 0 Å². The Kier molecular flexibility index (Phi) is 8.11. The highest BCUT2D eigenvalue weighted by Crippen LogP contribution is 2.44. The standard InChI is InChI=1S/C30H35NO4/c1-5-6-18-33-29-28(34-21-23-10-8-7-9-11-23)26-19-24(14-17-27(26)35-30(29,2)3)31-20-22-12-15-25(32-4)16-13-22/h5-17,19,28-29,31H,18,20-21H2,1-4H3/b6-5+. The summed E-state index contributed by atoms with van der Waals surface area (Å²) in [6, 6.07) is 24.5. The summed E-state index contributed by atoms with van der Waals surface area (Å²) < 4.78 is 24.5. The number of ether oxygens (including phenoxy) is 4. The average Bonchev–Trinajstić information content (AvgIpc) is 2.88. The third-order valence-corrected chi connectivity index (χ3v) is 6.19. The quantitative estimate of drug-likeness (QED) is 0.332. The van der Waals surface area contributed by atoms with E-state index in [0.29, 0.717) is 19.8 Å². The molecule has 1 N–H and O–H groups in total. The first-order valence-electron chi connectivity index (χ1n) is 12.1. The Morgan fingerprint density at radius 3 is 2.43 bits per heavy atom. The number of anilines is 1. The zero-order chi connectivity index (χ0) is 24.7. The largest absolute Gasteiger partial charge is 0.497 e. The Hall–Kier alpha value is -3.28. The predicted molar refractivity (Wildman–Crippen MR) is 140 cm³/mol. The number of hydrogen-bond acceptors (Lipinski definition) is 5. The molecule has 1 heterocycles. The van der Waals surface area contributed by atoms with Crippen molar-refractivity contribution in [3.05, 3.63) is 102 Å². The predicted octanol–water partition coefficient (Wildman–Crippen LogP) is 6.70. The van der Waals surface area contributed by atoms with Crippen LogP contribution in [-0.2, 0) is 22.6 Å². The second-order valence-corrected chi connectivity index (χ2v) is 9.20. The van der Waals surface area contributed by atoms with E-state index in [0.717, 1.165) is 28.3 Å². The van der Waals surface area contributed by atoms with Gasteiger partial charge in [0.25, 0.3) is 0 Å². The van der Waals surface area contributed by atoms with Gasteiger partial charge in [0.05, 0.1) is 20.3 Å². The summed E-state index contributed by atoms with van der Waals surface area (Å²) in [6.45, 7) is 7.81. The average molecular weight is 474 g/mol. The molecule has 1 aliphatic heterocycles. The van der Waals surface area contributed by atoms with Crippen molar-refractivity contribution in [3.8, 4) is 11.5 Å². The third-order valence-electron chi connectivity index (χ3n) is 6.19. The van der Waals surface area contributed by atoms with Crippen molar-refractivity contribution in [1.82, 2.24) is 0 Å². The van der Waals surface area contributed by atoms with Crippen LogP contribution in [0.3, 0.4) is 0 Å². The first kappa shape index (κ1) is 24.8. The van der Waals surface area contributed by atoms with Crippen molar-refractivity contribution in [2.24, 2.45) is 0 Å². The van der Waals surface area contributed by atoms with E-state index < -0.39 is 5.60 Å². The molecule has 0 saturated carbocycles. The van der Waals surface area contributed by atoms with Gasteiger partial charge in [0.1, 0.15) is 29.3 Å². The van der Waals surface area contributed by atoms with E-state index in [-0.39, 0.29) is 12.2 Å². The van der Waals surface area contributed by atoms with E-state index in [4.69, 9.17) is 18.9 Å². The van der Waals surface area contributed by atoms with Crippen LogP contribution in [0.15, 0.2) is 84.9 Å². The molecule has 2 unspecified atom stereocenters. The molecule has 0 fully saturated rings. The lowest BCUT2D eigenvalue weighted by Crippen LogP contribution is -2.51. The van der Waals surface area contributed by atoms with E-state index >= 15 is 0 Å². The van der Waals surface area contributed by atoms with Gasteiger partial charge in [0.2, 0.25) is 0 Å². The van der Waals surface area contributed by atoms with Crippen LogP contribution in [-0.4, -0.2) is 25.4 Å². The molecule has 0 aliphatic carbocycles. The van der Waals surface area contributed by atoms with Crippen LogP contribution in [0.1, 0.15) is 43.6 Å². The molecule has 0 saturated heterocycles. The second kappa shape index (κ2) is 11.4. The fourth-order valence-electron chi connectivity index (χ4n) is 4.27. The summed E-state index contributed by atoms with van der Waals surface area (Å²) in [7, 11) is 1.68. The first-order valence-corrected chi connectivity index (χ1v) is 12.1. The molecule has 0 radical (unpaired) electrons. The van der Waals surface area contributed by atoms with Gasteiger partial charge in [-0.3, -0.25) is 0 Å². The van der Waals surface area contributed by atoms with Gasteiger partial charge in [0.15, 0.2) is 0 Å². The molecular formula is C30H35NO4. The molecule has 3 aromatic rings. The molecule has 0 spiro atoms. The molecule has 0 bridgehead atoms. The van der Waals surface area contributed by atoms with E-state index in [1.165, 1.54) is 5.56 Å². The SMILES string of the molecule is C/C=C/COC1C(OCc2ccccc2)c2cc(NCc3ccc(OC)cc3)ccc2OC1(C)C. The van der Waals surface area contributed by atoms with E-state index in [1.807, 2.05) is 61.5 Å². The fourth-order valence-corrected chi connectivity index (χ4v) is 4.27. The molecule has 2 atom stereocenters. The Morgan fingerprint density at radius 2 is 1.71 bits per heavy atom. The zero-order valence-electron chi connectivity index (χ0n) is 21.0. The summed E-state index contributed by atoms with van der Waals surface area (Å²) in [5, 5.41) is 3.53. The van der Waals surface area contributed by atoms with Gasteiger partial charge in [0, 0.05) is 17.8 Å². The van der Waals surface area contributed by atoms with Crippen molar-refractivity contribution < 1.29 is 18.9 Å². The topological polar surface area (TPSA) is 49.0 Å². The van der Waals surface area contributed by atoms with Gasteiger partial charge in [-0.1, -0.05) is 54.6 Å². The molecular weight excluding hydrogens is 438 g/mol. The van der Waals surface area contributed by atoms with E-state index in [2.05, 4.69) is 49.5 Å². The maximum Gasteiger partial charge on any atom is 0.132 e. The normalized spacial score (nSPS) is 18.6. The Bertz CT molecular complexity index is 1110. The van der Waals surface area contributed by atoms with Crippen LogP contribution in [0.25, 0.3) is 0 Å². The van der Waals surface area contributed by atoms with Crippen molar-refractivity contribution in [2.45, 2.75) is 51.7 Å². The highest BCUT2D eigenvalue weighted by molar-refractivity contribution is 5.54. The maximum atomic E-state index is 6.55. The molecule has 1 aliphatic rings. The lowest BCUT2D eigenvalue weighted by molar-refractivity contribution is -0.161. The van der Waals surface area contributed by atoms with Crippen LogP contribution in [0.5, 0.6) is 11.5 Å². The molecule has 0 amide bonds. The van der Waals surface area contributed by atoms with Crippen molar-refractivity contribution >= 4 is 5.69 Å². The molecule has 4 rings (SSSR count). The number of hydrogen-bond donors (Lipinski definition) is 1. The minimum absolute atomic E-state index is 0.272. The summed E-state index contributed by atoms with van der Waals surface area (Å²) in [5.41, 5.74) is 3.74. The number of allylic oxidation sites excluding steroid dienone is 1. The van der Waals surface area contributed by atoms with Gasteiger partial charge in [-0.05, 0) is 62.2 Å². The molecule has 5 heteroatoms. The van der Waals surface area contributed by atoms with Crippen LogP contribution < -0.4 is 14.8 Å². The van der Waals surface area contributed by atoms with Crippen molar-refractivity contribution in [3.63, 3.8) is 0 Å². The number of methoxy groups -OCH3 is 1. The number of benzene rings is 3. The molecule has 0 aromatic heterocycles.